The lowest BCUT2D eigenvalue weighted by Gasteiger charge is -2.22. The lowest BCUT2D eigenvalue weighted by molar-refractivity contribution is -0.133. The van der Waals surface area contributed by atoms with Gasteiger partial charge in [0.15, 0.2) is 9.84 Å². The van der Waals surface area contributed by atoms with Gasteiger partial charge in [-0.15, -0.1) is 0 Å². The van der Waals surface area contributed by atoms with E-state index in [1.54, 1.807) is 38.1 Å². The Morgan fingerprint density at radius 3 is 2.26 bits per heavy atom. The van der Waals surface area contributed by atoms with E-state index < -0.39 is 39.8 Å². The van der Waals surface area contributed by atoms with Gasteiger partial charge in [0.1, 0.15) is 17.8 Å². The van der Waals surface area contributed by atoms with Gasteiger partial charge in [-0.3, -0.25) is 14.5 Å². The van der Waals surface area contributed by atoms with Crippen molar-refractivity contribution in [3.05, 3.63) is 54.1 Å². The Bertz CT molecular complexity index is 1110. The van der Waals surface area contributed by atoms with Crippen LogP contribution in [0.4, 0.5) is 10.5 Å². The third-order valence-electron chi connectivity index (χ3n) is 5.12. The molecule has 0 spiro atoms. The zero-order valence-corrected chi connectivity index (χ0v) is 18.2. The number of urea groups is 1. The number of imide groups is 1. The second kappa shape index (κ2) is 8.38. The van der Waals surface area contributed by atoms with Crippen LogP contribution in [0.1, 0.15) is 19.4 Å². The number of hydrogen-bond donors (Lipinski definition) is 2. The van der Waals surface area contributed by atoms with E-state index in [0.29, 0.717) is 17.0 Å². The summed E-state index contributed by atoms with van der Waals surface area (Å²) in [6.07, 6.45) is 0. The van der Waals surface area contributed by atoms with Crippen LogP contribution in [0.5, 0.6) is 5.75 Å². The van der Waals surface area contributed by atoms with E-state index >= 15 is 0 Å². The Labute approximate surface area is 180 Å². The van der Waals surface area contributed by atoms with E-state index in [1.807, 2.05) is 0 Å². The van der Waals surface area contributed by atoms with Gasteiger partial charge >= 0.3 is 6.03 Å². The van der Waals surface area contributed by atoms with Crippen LogP contribution in [-0.2, 0) is 25.0 Å². The summed E-state index contributed by atoms with van der Waals surface area (Å²) >= 11 is 0. The fourth-order valence-electron chi connectivity index (χ4n) is 3.22. The summed E-state index contributed by atoms with van der Waals surface area (Å²) in [4.78, 5) is 38.7. The first-order valence-electron chi connectivity index (χ1n) is 9.52. The fraction of sp³-hybridized carbons (Fsp3) is 0.286. The van der Waals surface area contributed by atoms with Gasteiger partial charge in [0.2, 0.25) is 5.91 Å². The number of carbonyl (C=O) groups excluding carboxylic acids is 3. The highest BCUT2D eigenvalue weighted by Crippen LogP contribution is 2.30. The van der Waals surface area contributed by atoms with Gasteiger partial charge in [0.05, 0.1) is 17.8 Å². The Kier molecular flexibility index (Phi) is 6.03. The highest BCUT2D eigenvalue weighted by molar-refractivity contribution is 7.91. The highest BCUT2D eigenvalue weighted by atomic mass is 32.2. The molecule has 0 saturated carbocycles. The molecule has 2 aromatic rings. The maximum Gasteiger partial charge on any atom is 0.325 e. The molecule has 1 atom stereocenters. The smallest absolute Gasteiger partial charge is 0.325 e. The van der Waals surface area contributed by atoms with Crippen LogP contribution in [-0.4, -0.2) is 50.6 Å². The number of carbonyl (C=O) groups is 3. The van der Waals surface area contributed by atoms with Gasteiger partial charge in [-0.2, -0.15) is 0 Å². The second-order valence-corrected chi connectivity index (χ2v) is 9.43. The lowest BCUT2D eigenvalue weighted by atomic mass is 9.92. The van der Waals surface area contributed by atoms with Crippen molar-refractivity contribution in [1.29, 1.82) is 0 Å². The molecule has 31 heavy (non-hydrogen) atoms. The van der Waals surface area contributed by atoms with Gasteiger partial charge < -0.3 is 15.4 Å². The average molecular weight is 445 g/mol. The molecule has 0 bridgehead atoms. The summed E-state index contributed by atoms with van der Waals surface area (Å²) in [5.74, 6) is -0.563. The Morgan fingerprint density at radius 1 is 1.10 bits per heavy atom. The van der Waals surface area contributed by atoms with E-state index in [-0.39, 0.29) is 10.6 Å². The number of nitrogens with zero attached hydrogens (tertiary/aromatic N) is 1. The van der Waals surface area contributed by atoms with Crippen molar-refractivity contribution in [3.63, 3.8) is 0 Å². The maximum absolute atomic E-state index is 12.9. The molecule has 2 aromatic carbocycles. The third kappa shape index (κ3) is 4.38. The van der Waals surface area contributed by atoms with Crippen molar-refractivity contribution in [2.75, 3.05) is 24.7 Å². The first-order valence-corrected chi connectivity index (χ1v) is 11.2. The molecule has 4 amide bonds. The third-order valence-corrected chi connectivity index (χ3v) is 6.87. The van der Waals surface area contributed by atoms with Gasteiger partial charge in [-0.05, 0) is 48.9 Å². The first kappa shape index (κ1) is 22.3. The van der Waals surface area contributed by atoms with Crippen LogP contribution in [0.15, 0.2) is 53.4 Å². The summed E-state index contributed by atoms with van der Waals surface area (Å²) in [6, 6.07) is 11.7. The first-order chi connectivity index (χ1) is 14.6. The van der Waals surface area contributed by atoms with Crippen LogP contribution in [0.2, 0.25) is 0 Å². The number of hydrogen-bond acceptors (Lipinski definition) is 6. The molecular formula is C21H23N3O6S. The topological polar surface area (TPSA) is 122 Å². The molecule has 0 radical (unpaired) electrons. The van der Waals surface area contributed by atoms with Gasteiger partial charge in [0.25, 0.3) is 5.91 Å². The standard InChI is InChI=1S/C21H23N3O6S/c1-4-31(28,29)17-11-7-15(8-12-17)22-18(25)13-24-19(26)21(2,23-20(24)27)14-5-9-16(30-3)10-6-14/h5-12H,4,13H2,1-3H3,(H,22,25)(H,23,27). The fourth-order valence-corrected chi connectivity index (χ4v) is 4.10. The van der Waals surface area contributed by atoms with Gasteiger partial charge in [-0.1, -0.05) is 19.1 Å². The molecule has 1 saturated heterocycles. The molecule has 9 nitrogen and oxygen atoms in total. The number of ether oxygens (including phenoxy) is 1. The summed E-state index contributed by atoms with van der Waals surface area (Å²) in [5.41, 5.74) is -0.396. The largest absolute Gasteiger partial charge is 0.497 e. The highest BCUT2D eigenvalue weighted by Gasteiger charge is 2.49. The minimum atomic E-state index is -3.35. The molecule has 1 fully saturated rings. The molecule has 1 unspecified atom stereocenters. The molecule has 3 rings (SSSR count). The van der Waals surface area contributed by atoms with Crippen LogP contribution >= 0.6 is 0 Å². The number of sulfone groups is 1. The predicted molar refractivity (Wildman–Crippen MR) is 113 cm³/mol. The molecule has 1 heterocycles. The Hall–Kier alpha value is -3.40. The molecule has 164 valence electrons. The second-order valence-electron chi connectivity index (χ2n) is 7.15. The molecule has 1 aliphatic heterocycles. The van der Waals surface area contributed by atoms with Crippen LogP contribution in [0.25, 0.3) is 0 Å². The quantitative estimate of drug-likeness (QED) is 0.628. The van der Waals surface area contributed by atoms with Crippen molar-refractivity contribution in [2.45, 2.75) is 24.3 Å². The van der Waals surface area contributed by atoms with E-state index in [4.69, 9.17) is 4.74 Å². The van der Waals surface area contributed by atoms with Crippen molar-refractivity contribution >= 4 is 33.4 Å². The molecule has 0 aliphatic carbocycles. The normalized spacial score (nSPS) is 18.6. The number of benzene rings is 2. The van der Waals surface area contributed by atoms with E-state index in [9.17, 15) is 22.8 Å². The zero-order valence-electron chi connectivity index (χ0n) is 17.3. The SMILES string of the molecule is CCS(=O)(=O)c1ccc(NC(=O)CN2C(=O)NC(C)(c3ccc(OC)cc3)C2=O)cc1. The predicted octanol–water partition coefficient (Wildman–Crippen LogP) is 1.89. The number of methoxy groups -OCH3 is 1. The minimum absolute atomic E-state index is 0.0299. The monoisotopic (exact) mass is 445 g/mol. The molecule has 2 N–H and O–H groups in total. The van der Waals surface area contributed by atoms with Crippen LogP contribution in [0, 0.1) is 0 Å². The van der Waals surface area contributed by atoms with Crippen molar-refractivity contribution in [2.24, 2.45) is 0 Å². The van der Waals surface area contributed by atoms with Crippen LogP contribution in [0.3, 0.4) is 0 Å². The zero-order chi connectivity index (χ0) is 22.8. The summed E-state index contributed by atoms with van der Waals surface area (Å²) in [7, 11) is -1.82. The maximum atomic E-state index is 12.9. The molecular weight excluding hydrogens is 422 g/mol. The summed E-state index contributed by atoms with van der Waals surface area (Å²) in [6.45, 7) is 2.63. The van der Waals surface area contributed by atoms with Gasteiger partial charge in [0, 0.05) is 5.69 Å². The van der Waals surface area contributed by atoms with E-state index in [0.717, 1.165) is 4.90 Å². The Balaban J connectivity index is 1.70. The average Bonchev–Trinajstić information content (AvgIpc) is 2.98. The number of anilines is 1. The van der Waals surface area contributed by atoms with Crippen molar-refractivity contribution in [1.82, 2.24) is 10.2 Å². The number of nitrogens with one attached hydrogen (secondary N) is 2. The lowest BCUT2D eigenvalue weighted by Crippen LogP contribution is -2.42. The van der Waals surface area contributed by atoms with Gasteiger partial charge in [-0.25, -0.2) is 13.2 Å². The van der Waals surface area contributed by atoms with E-state index in [1.165, 1.54) is 31.4 Å². The summed E-state index contributed by atoms with van der Waals surface area (Å²) in [5, 5.41) is 5.20. The number of rotatable bonds is 7. The molecule has 10 heteroatoms. The minimum Gasteiger partial charge on any atom is -0.497 e. The molecule has 0 aromatic heterocycles. The number of amides is 4. The molecule has 1 aliphatic rings. The van der Waals surface area contributed by atoms with E-state index in [2.05, 4.69) is 10.6 Å². The van der Waals surface area contributed by atoms with Crippen molar-refractivity contribution < 1.29 is 27.5 Å². The van der Waals surface area contributed by atoms with Crippen molar-refractivity contribution in [3.8, 4) is 5.75 Å². The van der Waals surface area contributed by atoms with Crippen LogP contribution < -0.4 is 15.4 Å². The summed E-state index contributed by atoms with van der Waals surface area (Å²) < 4.78 is 28.8. The Morgan fingerprint density at radius 2 is 1.71 bits per heavy atom.